The molecular formula is C46H41B13N2S2. The van der Waals surface area contributed by atoms with E-state index in [2.05, 4.69) is 187 Å². The molecule has 0 aliphatic heterocycles. The first-order valence-corrected chi connectivity index (χ1v) is 23.8. The fourth-order valence-corrected chi connectivity index (χ4v) is 13.2. The van der Waals surface area contributed by atoms with Crippen molar-refractivity contribution in [2.45, 2.75) is 0 Å². The van der Waals surface area contributed by atoms with Crippen molar-refractivity contribution in [3.8, 4) is 55.8 Å². The molecule has 10 aromatic rings. The molecule has 0 saturated heterocycles. The van der Waals surface area contributed by atoms with E-state index in [0.29, 0.717) is 0 Å². The SMILES string of the molecule is Bc1c(B)c(B)c(-c2c(B)c(B)c(B)c(-c3c(B)c(B)c(-c4ccc5sc6c(-c7cccc(-c8cccc9c8sc8ccccc89)c7)ncnc6c5c4)c(B)c3B)c2B)c(B)c1B. The van der Waals surface area contributed by atoms with Gasteiger partial charge in [0.15, 0.2) is 0 Å². The highest BCUT2D eigenvalue weighted by atomic mass is 32.1. The quantitative estimate of drug-likeness (QED) is 0.162. The fraction of sp³-hybridized carbons (Fsp3) is 0. The van der Waals surface area contributed by atoms with Crippen molar-refractivity contribution in [1.82, 2.24) is 9.97 Å². The molecule has 0 fully saturated rings. The Morgan fingerprint density at radius 2 is 0.825 bits per heavy atom. The van der Waals surface area contributed by atoms with Crippen LogP contribution in [0.3, 0.4) is 0 Å². The van der Waals surface area contributed by atoms with Gasteiger partial charge in [-0.05, 0) is 68.8 Å². The van der Waals surface area contributed by atoms with Crippen LogP contribution in [0.1, 0.15) is 0 Å². The van der Waals surface area contributed by atoms with Crippen LogP contribution in [-0.4, -0.2) is 112 Å². The van der Waals surface area contributed by atoms with E-state index in [0.717, 1.165) is 21.5 Å². The van der Waals surface area contributed by atoms with E-state index in [4.69, 9.17) is 9.97 Å². The Balaban J connectivity index is 1.09. The van der Waals surface area contributed by atoms with Gasteiger partial charge in [0.05, 0.1) is 15.9 Å². The van der Waals surface area contributed by atoms with Gasteiger partial charge in [-0.1, -0.05) is 110 Å². The molecule has 10 rings (SSSR count). The van der Waals surface area contributed by atoms with Crippen molar-refractivity contribution in [3.63, 3.8) is 0 Å². The van der Waals surface area contributed by atoms with Crippen molar-refractivity contribution >= 4 is 236 Å². The molecule has 63 heavy (non-hydrogen) atoms. The number of aromatic nitrogens is 2. The number of benzene rings is 7. The zero-order chi connectivity index (χ0) is 44.3. The molecule has 0 radical (unpaired) electrons. The van der Waals surface area contributed by atoms with E-state index in [1.165, 1.54) is 146 Å². The number of thiophene rings is 2. The van der Waals surface area contributed by atoms with Gasteiger partial charge >= 0.3 is 0 Å². The summed E-state index contributed by atoms with van der Waals surface area (Å²) in [5.41, 5.74) is 31.6. The molecule has 2 nitrogen and oxygen atoms in total. The van der Waals surface area contributed by atoms with Crippen LogP contribution in [0.15, 0.2) is 91.3 Å². The number of fused-ring (bicyclic) bond motifs is 6. The Morgan fingerprint density at radius 3 is 1.49 bits per heavy atom. The summed E-state index contributed by atoms with van der Waals surface area (Å²) in [4.78, 5) is 9.92. The lowest BCUT2D eigenvalue weighted by Crippen LogP contribution is -2.57. The summed E-state index contributed by atoms with van der Waals surface area (Å²) in [6.07, 6.45) is 1.75. The first-order valence-electron chi connectivity index (χ1n) is 22.2. The molecule has 0 amide bonds. The first kappa shape index (κ1) is 41.9. The second-order valence-corrected chi connectivity index (χ2v) is 20.2. The van der Waals surface area contributed by atoms with Gasteiger partial charge in [-0.2, -0.15) is 0 Å². The average molecular weight is 827 g/mol. The van der Waals surface area contributed by atoms with E-state index < -0.39 is 0 Å². The van der Waals surface area contributed by atoms with Crippen LogP contribution in [0.2, 0.25) is 0 Å². The Labute approximate surface area is 390 Å². The third-order valence-electron chi connectivity index (χ3n) is 15.1. The Kier molecular flexibility index (Phi) is 10.3. The van der Waals surface area contributed by atoms with E-state index >= 15 is 0 Å². The van der Waals surface area contributed by atoms with E-state index in [1.807, 2.05) is 11.3 Å². The van der Waals surface area contributed by atoms with Crippen LogP contribution in [0.4, 0.5) is 0 Å². The summed E-state index contributed by atoms with van der Waals surface area (Å²) in [7, 11) is 30.2. The summed E-state index contributed by atoms with van der Waals surface area (Å²) in [6.45, 7) is 0. The van der Waals surface area contributed by atoms with Crippen LogP contribution in [0.5, 0.6) is 0 Å². The molecule has 0 unspecified atom stereocenters. The summed E-state index contributed by atoms with van der Waals surface area (Å²) < 4.78 is 4.99. The van der Waals surface area contributed by atoms with Gasteiger partial charge < -0.3 is 0 Å². The first-order chi connectivity index (χ1) is 30.2. The largest absolute Gasteiger partial charge is 0.235 e. The summed E-state index contributed by atoms with van der Waals surface area (Å²) in [6, 6.07) is 31.3. The zero-order valence-electron chi connectivity index (χ0n) is 38.9. The summed E-state index contributed by atoms with van der Waals surface area (Å²) in [5.74, 6) is 0. The van der Waals surface area contributed by atoms with Gasteiger partial charge in [-0.25, -0.2) is 9.97 Å². The normalized spacial score (nSPS) is 11.7. The molecule has 0 saturated carbocycles. The fourth-order valence-electron chi connectivity index (χ4n) is 10.8. The summed E-state index contributed by atoms with van der Waals surface area (Å²) >= 11 is 3.67. The number of hydrogen-bond donors (Lipinski definition) is 0. The maximum Gasteiger partial charge on any atom is 0.140 e. The second-order valence-electron chi connectivity index (χ2n) is 18.1. The third-order valence-corrected chi connectivity index (χ3v) is 17.5. The molecule has 0 atom stereocenters. The maximum atomic E-state index is 4.97. The molecular weight excluding hydrogens is 785 g/mol. The minimum atomic E-state index is 0.983. The van der Waals surface area contributed by atoms with Crippen molar-refractivity contribution in [2.24, 2.45) is 0 Å². The van der Waals surface area contributed by atoms with Crippen LogP contribution in [0, 0.1) is 0 Å². The van der Waals surface area contributed by atoms with Gasteiger partial charge in [0.2, 0.25) is 0 Å². The van der Waals surface area contributed by atoms with Crippen LogP contribution >= 0.6 is 22.7 Å². The van der Waals surface area contributed by atoms with Gasteiger partial charge in [0.1, 0.15) is 108 Å². The van der Waals surface area contributed by atoms with E-state index in [-0.39, 0.29) is 0 Å². The van der Waals surface area contributed by atoms with Gasteiger partial charge in [0, 0.05) is 35.8 Å². The predicted molar refractivity (Wildman–Crippen MR) is 321 cm³/mol. The lowest BCUT2D eigenvalue weighted by atomic mass is 9.54. The average Bonchev–Trinajstić information content (AvgIpc) is 3.87. The minimum absolute atomic E-state index is 0.983. The number of hydrogen-bond acceptors (Lipinski definition) is 4. The van der Waals surface area contributed by atoms with Gasteiger partial charge in [-0.15, -0.1) is 44.5 Å². The zero-order valence-corrected chi connectivity index (χ0v) is 40.5. The molecule has 7 aromatic carbocycles. The molecule has 286 valence electrons. The standard InChI is InChI=1S/C46H41B13N2S2/c47-30-26(35(52)39(56)36(53)27(30)29-37(54)40(57)42(59)41(58)38(29)55)28-33(50)31(48)25(32(49)34(28)51)17-11-12-24-22(14-17)44-46(63-24)43(60-15-61-44)18-6-3-5-16(13-18)19-8-4-9-21-20-7-1-2-10-23(20)62-45(19)21/h1-15H,47-59H2. The Hall–Kier alpha value is -5.10. The Bertz CT molecular complexity index is 3580. The molecule has 0 bridgehead atoms. The molecule has 0 N–H and O–H groups in total. The monoisotopic (exact) mass is 828 g/mol. The molecule has 0 aliphatic carbocycles. The van der Waals surface area contributed by atoms with Crippen LogP contribution in [0.25, 0.3) is 96.2 Å². The molecule has 17 heteroatoms. The van der Waals surface area contributed by atoms with Gasteiger partial charge in [0.25, 0.3) is 0 Å². The number of rotatable bonds is 5. The highest BCUT2D eigenvalue weighted by Crippen LogP contribution is 2.42. The van der Waals surface area contributed by atoms with Crippen LogP contribution < -0.4 is 71.0 Å². The topological polar surface area (TPSA) is 25.8 Å². The molecule has 3 heterocycles. The third kappa shape index (κ3) is 6.31. The lowest BCUT2D eigenvalue weighted by Gasteiger charge is -2.30. The maximum absolute atomic E-state index is 4.97. The lowest BCUT2D eigenvalue weighted by molar-refractivity contribution is 1.24. The van der Waals surface area contributed by atoms with Crippen molar-refractivity contribution in [1.29, 1.82) is 0 Å². The number of nitrogens with zero attached hydrogens (tertiary/aromatic N) is 2. The smallest absolute Gasteiger partial charge is 0.140 e. The van der Waals surface area contributed by atoms with Crippen LogP contribution in [-0.2, 0) is 0 Å². The van der Waals surface area contributed by atoms with Crippen molar-refractivity contribution in [3.05, 3.63) is 91.3 Å². The van der Waals surface area contributed by atoms with Crippen molar-refractivity contribution in [2.75, 3.05) is 0 Å². The second kappa shape index (κ2) is 15.6. The molecule has 0 aliphatic rings. The van der Waals surface area contributed by atoms with Crippen molar-refractivity contribution < 1.29 is 0 Å². The molecule has 0 spiro atoms. The van der Waals surface area contributed by atoms with E-state index in [1.54, 1.807) is 17.7 Å². The Morgan fingerprint density at radius 1 is 0.333 bits per heavy atom. The van der Waals surface area contributed by atoms with Gasteiger partial charge in [-0.3, -0.25) is 0 Å². The highest BCUT2D eigenvalue weighted by Gasteiger charge is 2.25. The van der Waals surface area contributed by atoms with E-state index in [9.17, 15) is 0 Å². The predicted octanol–water partition coefficient (Wildman–Crippen LogP) is -9.09. The minimum Gasteiger partial charge on any atom is -0.235 e. The highest BCUT2D eigenvalue weighted by molar-refractivity contribution is 7.26. The summed E-state index contributed by atoms with van der Waals surface area (Å²) in [5, 5.41) is 3.81. The molecule has 3 aromatic heterocycles.